The van der Waals surface area contributed by atoms with Crippen LogP contribution in [0, 0.1) is 12.8 Å². The van der Waals surface area contributed by atoms with Crippen molar-refractivity contribution < 1.29 is 9.59 Å². The molecule has 7 nitrogen and oxygen atoms in total. The molecule has 0 spiro atoms. The summed E-state index contributed by atoms with van der Waals surface area (Å²) < 4.78 is 1.93. The number of thiazole rings is 1. The molecule has 0 saturated carbocycles. The fraction of sp³-hybridized carbons (Fsp3) is 0.600. The lowest BCUT2D eigenvalue weighted by Gasteiger charge is -2.27. The second-order valence-corrected chi connectivity index (χ2v) is 8.64. The van der Waals surface area contributed by atoms with E-state index < -0.39 is 0 Å². The minimum Gasteiger partial charge on any atom is -0.356 e. The number of nitrogens with one attached hydrogen (secondary N) is 1. The summed E-state index contributed by atoms with van der Waals surface area (Å²) in [5.41, 5.74) is 2.64. The lowest BCUT2D eigenvalue weighted by molar-refractivity contribution is -0.119. The van der Waals surface area contributed by atoms with Gasteiger partial charge >= 0.3 is 0 Å². The molecule has 0 fully saturated rings. The van der Waals surface area contributed by atoms with Gasteiger partial charge in [-0.3, -0.25) is 14.3 Å². The average Bonchev–Trinajstić information content (AvgIpc) is 3.27. The van der Waals surface area contributed by atoms with Gasteiger partial charge in [0, 0.05) is 31.9 Å². The van der Waals surface area contributed by atoms with Crippen molar-refractivity contribution in [2.24, 2.45) is 5.92 Å². The normalized spacial score (nSPS) is 17.1. The van der Waals surface area contributed by atoms with E-state index in [2.05, 4.69) is 22.3 Å². The zero-order valence-corrected chi connectivity index (χ0v) is 18.1. The molecule has 2 aromatic rings. The number of aromatic nitrogens is 3. The lowest BCUT2D eigenvalue weighted by Crippen LogP contribution is -2.34. The van der Waals surface area contributed by atoms with Crippen LogP contribution in [-0.4, -0.2) is 45.1 Å². The molecule has 3 rings (SSSR count). The highest BCUT2D eigenvalue weighted by molar-refractivity contribution is 7.11. The van der Waals surface area contributed by atoms with E-state index in [0.717, 1.165) is 47.1 Å². The van der Waals surface area contributed by atoms with Gasteiger partial charge in [-0.1, -0.05) is 6.92 Å². The monoisotopic (exact) mass is 403 g/mol. The Balaban J connectivity index is 1.77. The van der Waals surface area contributed by atoms with Crippen molar-refractivity contribution in [1.29, 1.82) is 0 Å². The molecule has 3 heterocycles. The van der Waals surface area contributed by atoms with Gasteiger partial charge in [0.25, 0.3) is 5.91 Å². The maximum Gasteiger partial charge on any atom is 0.257 e. The first kappa shape index (κ1) is 20.5. The van der Waals surface area contributed by atoms with Gasteiger partial charge in [0.1, 0.15) is 0 Å². The summed E-state index contributed by atoms with van der Waals surface area (Å²) in [6, 6.07) is -0.0420. The Morgan fingerprint density at radius 3 is 2.86 bits per heavy atom. The number of carbonyl (C=O) groups excluding carboxylic acids is 2. The predicted molar refractivity (Wildman–Crippen MR) is 109 cm³/mol. The Bertz CT molecular complexity index is 872. The van der Waals surface area contributed by atoms with Gasteiger partial charge in [0.2, 0.25) is 5.91 Å². The van der Waals surface area contributed by atoms with E-state index in [4.69, 9.17) is 0 Å². The number of hydrogen-bond acceptors (Lipinski definition) is 5. The van der Waals surface area contributed by atoms with Crippen LogP contribution in [0.5, 0.6) is 0 Å². The third-order valence-corrected chi connectivity index (χ3v) is 6.98. The molecule has 0 saturated heterocycles. The van der Waals surface area contributed by atoms with E-state index in [1.165, 1.54) is 6.92 Å². The van der Waals surface area contributed by atoms with Crippen LogP contribution in [0.1, 0.15) is 64.9 Å². The third kappa shape index (κ3) is 4.11. The number of fused-ring (bicyclic) bond motifs is 1. The van der Waals surface area contributed by atoms with E-state index >= 15 is 0 Å². The van der Waals surface area contributed by atoms with Crippen LogP contribution in [-0.2, 0) is 24.2 Å². The molecule has 1 N–H and O–H groups in total. The van der Waals surface area contributed by atoms with E-state index in [1.54, 1.807) is 22.4 Å². The average molecular weight is 404 g/mol. The number of carbonyl (C=O) groups is 2. The molecule has 0 aromatic carbocycles. The Morgan fingerprint density at radius 2 is 2.21 bits per heavy atom. The van der Waals surface area contributed by atoms with Crippen molar-refractivity contribution in [3.8, 4) is 0 Å². The first-order valence-corrected chi connectivity index (χ1v) is 10.7. The number of nitrogens with zero attached hydrogens (tertiary/aromatic N) is 4. The maximum atomic E-state index is 13.2. The van der Waals surface area contributed by atoms with Gasteiger partial charge in [-0.25, -0.2) is 4.98 Å². The fourth-order valence-corrected chi connectivity index (χ4v) is 4.79. The van der Waals surface area contributed by atoms with Crippen molar-refractivity contribution >= 4 is 23.2 Å². The molecular formula is C20H29N5O2S. The summed E-state index contributed by atoms with van der Waals surface area (Å²) in [7, 11) is 1.85. The highest BCUT2D eigenvalue weighted by atomic mass is 32.1. The topological polar surface area (TPSA) is 80.1 Å². The van der Waals surface area contributed by atoms with Crippen molar-refractivity contribution in [2.75, 3.05) is 13.6 Å². The molecular weight excluding hydrogens is 374 g/mol. The molecule has 152 valence electrons. The standard InChI is InChI=1S/C20H29N5O2S/c1-6-18-23-12(2)19(28-18)13(3)24(5)20(27)16-11-22-25-8-7-15(9-17(16)25)10-21-14(4)26/h11,13,15H,6-10H2,1-5H3,(H,21,26)/t13-,15-/m1/s1. The summed E-state index contributed by atoms with van der Waals surface area (Å²) in [5, 5.41) is 8.42. The van der Waals surface area contributed by atoms with Crippen LogP contribution in [0.3, 0.4) is 0 Å². The minimum absolute atomic E-state index is 0.0141. The Kier molecular flexibility index (Phi) is 6.17. The summed E-state index contributed by atoms with van der Waals surface area (Å²) >= 11 is 1.68. The number of hydrogen-bond donors (Lipinski definition) is 1. The minimum atomic E-state index is -0.0420. The third-order valence-electron chi connectivity index (χ3n) is 5.51. The second-order valence-electron chi connectivity index (χ2n) is 7.53. The molecule has 1 aliphatic rings. The van der Waals surface area contributed by atoms with Crippen LogP contribution >= 0.6 is 11.3 Å². The first-order chi connectivity index (χ1) is 13.3. The molecule has 2 amide bonds. The first-order valence-electron chi connectivity index (χ1n) is 9.84. The van der Waals surface area contributed by atoms with Crippen molar-refractivity contribution in [1.82, 2.24) is 25.0 Å². The van der Waals surface area contributed by atoms with Gasteiger partial charge in [-0.2, -0.15) is 5.10 Å². The Hall–Kier alpha value is -2.22. The SMILES string of the molecule is CCc1nc(C)c([C@@H](C)N(C)C(=O)c2cnn3c2C[C@H](CNC(C)=O)CC3)s1. The van der Waals surface area contributed by atoms with E-state index in [-0.39, 0.29) is 17.9 Å². The molecule has 0 aliphatic carbocycles. The van der Waals surface area contributed by atoms with Crippen molar-refractivity contribution in [3.63, 3.8) is 0 Å². The van der Waals surface area contributed by atoms with Crippen LogP contribution < -0.4 is 5.32 Å². The maximum absolute atomic E-state index is 13.2. The van der Waals surface area contributed by atoms with Crippen molar-refractivity contribution in [3.05, 3.63) is 33.0 Å². The van der Waals surface area contributed by atoms with Crippen LogP contribution in [0.4, 0.5) is 0 Å². The summed E-state index contributed by atoms with van der Waals surface area (Å²) in [5.74, 6) is 0.299. The summed E-state index contributed by atoms with van der Waals surface area (Å²) in [4.78, 5) is 32.0. The smallest absolute Gasteiger partial charge is 0.257 e. The van der Waals surface area contributed by atoms with Crippen LogP contribution in [0.15, 0.2) is 6.20 Å². The molecule has 0 radical (unpaired) electrons. The number of amides is 2. The molecule has 0 unspecified atom stereocenters. The van der Waals surface area contributed by atoms with Gasteiger partial charge in [-0.15, -0.1) is 11.3 Å². The van der Waals surface area contributed by atoms with E-state index in [1.807, 2.05) is 25.6 Å². The molecule has 28 heavy (non-hydrogen) atoms. The van der Waals surface area contributed by atoms with Gasteiger partial charge < -0.3 is 10.2 Å². The Labute approximate surface area is 170 Å². The molecule has 1 aliphatic heterocycles. The number of rotatable bonds is 6. The van der Waals surface area contributed by atoms with Gasteiger partial charge in [0.15, 0.2) is 0 Å². The summed E-state index contributed by atoms with van der Waals surface area (Å²) in [6.07, 6.45) is 4.30. The van der Waals surface area contributed by atoms with Crippen LogP contribution in [0.2, 0.25) is 0 Å². The van der Waals surface area contributed by atoms with Crippen LogP contribution in [0.25, 0.3) is 0 Å². The molecule has 0 bridgehead atoms. The Morgan fingerprint density at radius 1 is 1.46 bits per heavy atom. The van der Waals surface area contributed by atoms with Gasteiger partial charge in [0.05, 0.1) is 34.2 Å². The summed E-state index contributed by atoms with van der Waals surface area (Å²) in [6.45, 7) is 9.10. The molecule has 2 atom stereocenters. The van der Waals surface area contributed by atoms with Crippen molar-refractivity contribution in [2.45, 2.75) is 59.5 Å². The second kappa shape index (κ2) is 8.43. The zero-order valence-electron chi connectivity index (χ0n) is 17.3. The zero-order chi connectivity index (χ0) is 20.4. The fourth-order valence-electron chi connectivity index (χ4n) is 3.69. The molecule has 8 heteroatoms. The lowest BCUT2D eigenvalue weighted by atomic mass is 9.94. The van der Waals surface area contributed by atoms with E-state index in [9.17, 15) is 9.59 Å². The predicted octanol–water partition coefficient (Wildman–Crippen LogP) is 2.74. The number of aryl methyl sites for hydroxylation is 3. The van der Waals surface area contributed by atoms with Gasteiger partial charge in [-0.05, 0) is 39.0 Å². The van der Waals surface area contributed by atoms with E-state index in [0.29, 0.717) is 18.0 Å². The highest BCUT2D eigenvalue weighted by Crippen LogP contribution is 2.31. The quantitative estimate of drug-likeness (QED) is 0.804. The largest absolute Gasteiger partial charge is 0.356 e. The molecule has 2 aromatic heterocycles. The highest BCUT2D eigenvalue weighted by Gasteiger charge is 2.29.